The first-order valence-corrected chi connectivity index (χ1v) is 11.2. The van der Waals surface area contributed by atoms with Crippen molar-refractivity contribution < 1.29 is 27.5 Å². The summed E-state index contributed by atoms with van der Waals surface area (Å²) in [7, 11) is 0. The van der Waals surface area contributed by atoms with Gasteiger partial charge in [0.25, 0.3) is 5.91 Å². The molecule has 2 aliphatic heterocycles. The lowest BCUT2D eigenvalue weighted by atomic mass is 10.0. The molecular weight excluding hydrogens is 501 g/mol. The van der Waals surface area contributed by atoms with Crippen LogP contribution in [0.15, 0.2) is 46.6 Å². The second-order valence-electron chi connectivity index (χ2n) is 8.26. The van der Waals surface area contributed by atoms with E-state index in [0.29, 0.717) is 41.2 Å². The van der Waals surface area contributed by atoms with Crippen molar-refractivity contribution in [2.45, 2.75) is 32.3 Å². The summed E-state index contributed by atoms with van der Waals surface area (Å²) in [6.07, 6.45) is -4.84. The van der Waals surface area contributed by atoms with Gasteiger partial charge in [-0.25, -0.2) is 4.79 Å². The Morgan fingerprint density at radius 3 is 2.81 bits per heavy atom. The molecule has 3 heterocycles. The molecule has 0 aliphatic carbocycles. The summed E-state index contributed by atoms with van der Waals surface area (Å²) in [5.41, 5.74) is 3.18. The SMILES string of the molecule is O=C(Nc1ccc2c(c1)N=NC2)c1n[nH]c2c1CCN(C(=O)OCc1ccc(C(F)(F)F)c(Cl)c1)C2. The number of H-pyrrole nitrogens is 1. The standard InChI is InChI=1S/C23H18ClF3N6O3/c24-17-7-12(1-4-16(17)23(25,26)27)11-36-22(35)33-6-5-15-19(10-33)31-32-20(15)21(34)29-14-3-2-13-9-28-30-18(13)8-14/h1-4,7-8H,5-6,9-11H2,(H,29,34)(H,31,32). The first-order chi connectivity index (χ1) is 17.2. The normalized spacial score (nSPS) is 14.4. The predicted octanol–water partition coefficient (Wildman–Crippen LogP) is 5.63. The number of halogens is 4. The van der Waals surface area contributed by atoms with Gasteiger partial charge >= 0.3 is 12.3 Å². The molecule has 2 aliphatic rings. The van der Waals surface area contributed by atoms with E-state index in [2.05, 4.69) is 25.7 Å². The molecule has 1 aromatic heterocycles. The topological polar surface area (TPSA) is 112 Å². The molecule has 13 heteroatoms. The number of nitrogens with zero attached hydrogens (tertiary/aromatic N) is 4. The fourth-order valence-corrected chi connectivity index (χ4v) is 4.33. The van der Waals surface area contributed by atoms with E-state index in [1.807, 2.05) is 6.07 Å². The van der Waals surface area contributed by atoms with Crippen molar-refractivity contribution in [1.82, 2.24) is 15.1 Å². The quantitative estimate of drug-likeness (QED) is 0.466. The molecule has 5 rings (SSSR count). The Balaban J connectivity index is 1.19. The molecule has 0 unspecified atom stereocenters. The Bertz CT molecular complexity index is 1390. The third-order valence-corrected chi connectivity index (χ3v) is 6.18. The molecule has 3 aromatic rings. The third kappa shape index (κ3) is 4.76. The van der Waals surface area contributed by atoms with Gasteiger partial charge in [-0.05, 0) is 36.2 Å². The summed E-state index contributed by atoms with van der Waals surface area (Å²) in [4.78, 5) is 26.7. The number of alkyl halides is 3. The molecule has 2 amide bonds. The van der Waals surface area contributed by atoms with Gasteiger partial charge in [0.05, 0.1) is 35.1 Å². The Hall–Kier alpha value is -3.93. The van der Waals surface area contributed by atoms with E-state index < -0.39 is 28.8 Å². The van der Waals surface area contributed by atoms with Crippen LogP contribution in [0.3, 0.4) is 0 Å². The highest BCUT2D eigenvalue weighted by atomic mass is 35.5. The average molecular weight is 519 g/mol. The highest BCUT2D eigenvalue weighted by Crippen LogP contribution is 2.35. The van der Waals surface area contributed by atoms with Gasteiger partial charge in [0.1, 0.15) is 6.61 Å². The third-order valence-electron chi connectivity index (χ3n) is 5.87. The van der Waals surface area contributed by atoms with E-state index in [0.717, 1.165) is 17.7 Å². The number of ether oxygens (including phenoxy) is 1. The molecule has 0 spiro atoms. The molecule has 0 radical (unpaired) electrons. The van der Waals surface area contributed by atoms with E-state index in [1.54, 1.807) is 12.1 Å². The number of hydrogen-bond donors (Lipinski definition) is 2. The van der Waals surface area contributed by atoms with E-state index >= 15 is 0 Å². The summed E-state index contributed by atoms with van der Waals surface area (Å²) >= 11 is 5.71. The lowest BCUT2D eigenvalue weighted by Gasteiger charge is -2.26. The van der Waals surface area contributed by atoms with Crippen LogP contribution in [0.5, 0.6) is 0 Å². The van der Waals surface area contributed by atoms with Crippen molar-refractivity contribution in [2.24, 2.45) is 10.2 Å². The van der Waals surface area contributed by atoms with Gasteiger partial charge in [0.15, 0.2) is 5.69 Å². The van der Waals surface area contributed by atoms with Gasteiger partial charge in [-0.2, -0.15) is 28.5 Å². The van der Waals surface area contributed by atoms with Crippen LogP contribution in [0.1, 0.15) is 38.4 Å². The molecule has 36 heavy (non-hydrogen) atoms. The zero-order chi connectivity index (χ0) is 25.4. The van der Waals surface area contributed by atoms with E-state index in [1.165, 1.54) is 11.0 Å². The number of nitrogens with one attached hydrogen (secondary N) is 2. The number of azo groups is 1. The van der Waals surface area contributed by atoms with Crippen LogP contribution in [0, 0.1) is 0 Å². The second-order valence-corrected chi connectivity index (χ2v) is 8.67. The number of carbonyl (C=O) groups excluding carboxylic acids is 2. The maximum Gasteiger partial charge on any atom is 0.417 e. The Morgan fingerprint density at radius 1 is 1.19 bits per heavy atom. The minimum Gasteiger partial charge on any atom is -0.445 e. The second kappa shape index (κ2) is 9.26. The predicted molar refractivity (Wildman–Crippen MR) is 122 cm³/mol. The largest absolute Gasteiger partial charge is 0.445 e. The lowest BCUT2D eigenvalue weighted by Crippen LogP contribution is -2.36. The molecule has 0 saturated carbocycles. The fourth-order valence-electron chi connectivity index (χ4n) is 4.02. The number of hydrogen-bond acceptors (Lipinski definition) is 6. The molecule has 0 fully saturated rings. The van der Waals surface area contributed by atoms with Crippen LogP contribution >= 0.6 is 11.6 Å². The van der Waals surface area contributed by atoms with Gasteiger partial charge < -0.3 is 15.0 Å². The smallest absolute Gasteiger partial charge is 0.417 e. The Morgan fingerprint density at radius 2 is 2.03 bits per heavy atom. The van der Waals surface area contributed by atoms with Gasteiger partial charge in [-0.1, -0.05) is 23.7 Å². The van der Waals surface area contributed by atoms with Crippen molar-refractivity contribution >= 4 is 35.0 Å². The molecule has 0 atom stereocenters. The number of carbonyl (C=O) groups is 2. The first kappa shape index (κ1) is 23.8. The number of amides is 2. The van der Waals surface area contributed by atoms with Crippen LogP contribution in [0.2, 0.25) is 5.02 Å². The minimum absolute atomic E-state index is 0.140. The van der Waals surface area contributed by atoms with Crippen molar-refractivity contribution in [3.63, 3.8) is 0 Å². The zero-order valence-electron chi connectivity index (χ0n) is 18.5. The summed E-state index contributed by atoms with van der Waals surface area (Å²) < 4.78 is 43.8. The van der Waals surface area contributed by atoms with Gasteiger partial charge in [-0.3, -0.25) is 9.89 Å². The van der Waals surface area contributed by atoms with Crippen molar-refractivity contribution in [1.29, 1.82) is 0 Å². The number of benzene rings is 2. The van der Waals surface area contributed by atoms with Crippen LogP contribution < -0.4 is 5.32 Å². The van der Waals surface area contributed by atoms with Crippen LogP contribution in [0.4, 0.5) is 29.3 Å². The summed E-state index contributed by atoms with van der Waals surface area (Å²) in [6.45, 7) is 0.699. The number of fused-ring (bicyclic) bond motifs is 2. The Kier molecular flexibility index (Phi) is 6.12. The lowest BCUT2D eigenvalue weighted by molar-refractivity contribution is -0.137. The molecule has 0 bridgehead atoms. The summed E-state index contributed by atoms with van der Waals surface area (Å²) in [5.74, 6) is -0.391. The maximum atomic E-state index is 12.9. The van der Waals surface area contributed by atoms with Crippen molar-refractivity contribution in [3.8, 4) is 0 Å². The number of rotatable bonds is 4. The van der Waals surface area contributed by atoms with Crippen LogP contribution in [0.25, 0.3) is 0 Å². The van der Waals surface area contributed by atoms with E-state index in [-0.39, 0.29) is 25.4 Å². The monoisotopic (exact) mass is 518 g/mol. The van der Waals surface area contributed by atoms with Crippen LogP contribution in [-0.4, -0.2) is 33.6 Å². The Labute approximate surface area is 207 Å². The molecule has 0 saturated heterocycles. The zero-order valence-corrected chi connectivity index (χ0v) is 19.3. The maximum absolute atomic E-state index is 12.9. The van der Waals surface area contributed by atoms with E-state index in [9.17, 15) is 22.8 Å². The number of aromatic nitrogens is 2. The fraction of sp³-hybridized carbons (Fsp3) is 0.261. The minimum atomic E-state index is -4.56. The molecule has 186 valence electrons. The van der Waals surface area contributed by atoms with E-state index in [4.69, 9.17) is 16.3 Å². The molecule has 9 nitrogen and oxygen atoms in total. The molecular formula is C23H18ClF3N6O3. The van der Waals surface area contributed by atoms with Gasteiger partial charge in [0, 0.05) is 23.4 Å². The highest BCUT2D eigenvalue weighted by Gasteiger charge is 2.33. The summed E-state index contributed by atoms with van der Waals surface area (Å²) in [6, 6.07) is 8.55. The van der Waals surface area contributed by atoms with Crippen molar-refractivity contribution in [2.75, 3.05) is 11.9 Å². The number of anilines is 1. The molecule has 2 N–H and O–H groups in total. The van der Waals surface area contributed by atoms with Gasteiger partial charge in [0.2, 0.25) is 0 Å². The number of aromatic amines is 1. The van der Waals surface area contributed by atoms with Crippen molar-refractivity contribution in [3.05, 3.63) is 75.1 Å². The first-order valence-electron chi connectivity index (χ1n) is 10.8. The van der Waals surface area contributed by atoms with Crippen LogP contribution in [-0.2, 0) is 37.0 Å². The highest BCUT2D eigenvalue weighted by molar-refractivity contribution is 6.31. The average Bonchev–Trinajstić information content (AvgIpc) is 3.48. The summed E-state index contributed by atoms with van der Waals surface area (Å²) in [5, 5.41) is 17.2. The van der Waals surface area contributed by atoms with Gasteiger partial charge in [-0.15, -0.1) is 0 Å². The molecule has 2 aromatic carbocycles.